The third-order valence-electron chi connectivity index (χ3n) is 8.20. The van der Waals surface area contributed by atoms with E-state index in [0.717, 1.165) is 35.5 Å². The zero-order valence-corrected chi connectivity index (χ0v) is 21.8. The van der Waals surface area contributed by atoms with Crippen LogP contribution in [0.25, 0.3) is 0 Å². The number of nitrogen functional groups attached to an aromatic ring is 1. The van der Waals surface area contributed by atoms with Crippen LogP contribution in [0.1, 0.15) is 62.5 Å². The highest BCUT2D eigenvalue weighted by atomic mass is 32.1. The van der Waals surface area contributed by atoms with Gasteiger partial charge in [-0.1, -0.05) is 35.6 Å². The smallest absolute Gasteiger partial charge is 0.308 e. The monoisotopic (exact) mass is 541 g/mol. The van der Waals surface area contributed by atoms with Crippen molar-refractivity contribution in [1.29, 1.82) is 0 Å². The van der Waals surface area contributed by atoms with Gasteiger partial charge >= 0.3 is 5.92 Å². The van der Waals surface area contributed by atoms with Gasteiger partial charge in [-0.3, -0.25) is 4.79 Å². The summed E-state index contributed by atoms with van der Waals surface area (Å²) in [5.74, 6) is -3.47. The molecule has 1 aliphatic carbocycles. The fourth-order valence-corrected chi connectivity index (χ4v) is 7.07. The van der Waals surface area contributed by atoms with Crippen LogP contribution >= 0.6 is 11.3 Å². The fourth-order valence-electron chi connectivity index (χ4n) is 6.17. The van der Waals surface area contributed by atoms with Gasteiger partial charge < -0.3 is 26.4 Å². The number of carbonyl (C=O) groups excluding carboxylic acids is 1. The molecule has 1 atom stereocenters. The summed E-state index contributed by atoms with van der Waals surface area (Å²) in [4.78, 5) is 29.5. The number of aromatic nitrogens is 3. The van der Waals surface area contributed by atoms with Crippen LogP contribution in [0.5, 0.6) is 0 Å². The third kappa shape index (κ3) is 3.93. The van der Waals surface area contributed by atoms with Crippen molar-refractivity contribution in [2.45, 2.75) is 51.3 Å². The van der Waals surface area contributed by atoms with Crippen LogP contribution in [0, 0.1) is 12.3 Å². The van der Waals surface area contributed by atoms with E-state index in [2.05, 4.69) is 32.0 Å². The number of thiazole rings is 1. The lowest BCUT2D eigenvalue weighted by Crippen LogP contribution is -2.45. The molecular weight excluding hydrogens is 512 g/mol. The van der Waals surface area contributed by atoms with Crippen LogP contribution in [0.4, 0.5) is 19.7 Å². The van der Waals surface area contributed by atoms with Gasteiger partial charge in [0.05, 0.1) is 30.3 Å². The number of benzene rings is 1. The Morgan fingerprint density at radius 3 is 2.66 bits per heavy atom. The van der Waals surface area contributed by atoms with E-state index in [0.29, 0.717) is 24.6 Å². The van der Waals surface area contributed by atoms with Crippen molar-refractivity contribution in [3.8, 4) is 0 Å². The number of amides is 1. The maximum atomic E-state index is 14.7. The van der Waals surface area contributed by atoms with E-state index in [1.807, 2.05) is 12.1 Å². The van der Waals surface area contributed by atoms with Gasteiger partial charge in [-0.2, -0.15) is 8.78 Å². The molecule has 6 rings (SSSR count). The molecule has 3 aliphatic rings. The van der Waals surface area contributed by atoms with Crippen molar-refractivity contribution in [2.24, 2.45) is 11.1 Å². The van der Waals surface area contributed by atoms with Crippen LogP contribution < -0.4 is 16.4 Å². The Balaban J connectivity index is 1.22. The molecule has 2 aliphatic heterocycles. The van der Waals surface area contributed by atoms with Gasteiger partial charge in [0.2, 0.25) is 0 Å². The van der Waals surface area contributed by atoms with Crippen molar-refractivity contribution < 1.29 is 18.7 Å². The summed E-state index contributed by atoms with van der Waals surface area (Å²) in [5.41, 5.74) is 15.0. The number of aliphatic hydroxyl groups excluding tert-OH is 1. The molecule has 9 nitrogen and oxygen atoms in total. The largest absolute Gasteiger partial charge is 0.390 e. The lowest BCUT2D eigenvalue weighted by Gasteiger charge is -2.43. The van der Waals surface area contributed by atoms with Crippen molar-refractivity contribution in [2.75, 3.05) is 30.3 Å². The number of rotatable bonds is 3. The molecule has 1 aromatic carbocycles. The summed E-state index contributed by atoms with van der Waals surface area (Å²) in [6, 6.07) is 8.30. The molecule has 1 spiro atoms. The molecule has 3 aromatic rings. The molecule has 12 heteroatoms. The van der Waals surface area contributed by atoms with Crippen LogP contribution in [-0.2, 0) is 25.5 Å². The molecule has 0 radical (unpaired) electrons. The number of anilines is 2. The SMILES string of the molecule is Cc1nc(N2CCC3(CC2)Cc2ccccc2[C@H]3N)c(CO)nc1C(=O)N1Cc2sc(N)nc2C(F)(F)C1. The minimum atomic E-state index is -3.32. The summed E-state index contributed by atoms with van der Waals surface area (Å²) in [7, 11) is 0. The summed E-state index contributed by atoms with van der Waals surface area (Å²) >= 11 is 0.947. The highest BCUT2D eigenvalue weighted by Crippen LogP contribution is 2.51. The number of alkyl halides is 2. The number of carbonyl (C=O) groups is 1. The Bertz CT molecular complexity index is 1420. The van der Waals surface area contributed by atoms with Gasteiger partial charge in [0.15, 0.2) is 10.9 Å². The van der Waals surface area contributed by atoms with Crippen LogP contribution in [-0.4, -0.2) is 50.5 Å². The predicted molar refractivity (Wildman–Crippen MR) is 139 cm³/mol. The van der Waals surface area contributed by atoms with E-state index in [1.165, 1.54) is 11.1 Å². The highest BCUT2D eigenvalue weighted by molar-refractivity contribution is 7.15. The summed E-state index contributed by atoms with van der Waals surface area (Å²) < 4.78 is 29.5. The zero-order chi connectivity index (χ0) is 26.8. The summed E-state index contributed by atoms with van der Waals surface area (Å²) in [5, 5.41) is 10.2. The molecular formula is C26H29F2N7O2S. The molecule has 0 unspecified atom stereocenters. The molecule has 4 heterocycles. The molecule has 38 heavy (non-hydrogen) atoms. The second-order valence-corrected chi connectivity index (χ2v) is 11.6. The van der Waals surface area contributed by atoms with Crippen LogP contribution in [0.2, 0.25) is 0 Å². The number of aryl methyl sites for hydroxylation is 1. The Labute approximate surface area is 222 Å². The minimum absolute atomic E-state index is 0.0175. The number of hydrogen-bond donors (Lipinski definition) is 3. The molecule has 0 bridgehead atoms. The van der Waals surface area contributed by atoms with Gasteiger partial charge in [-0.25, -0.2) is 15.0 Å². The Morgan fingerprint density at radius 1 is 1.21 bits per heavy atom. The number of nitrogens with two attached hydrogens (primary N) is 2. The van der Waals surface area contributed by atoms with Crippen LogP contribution in [0.3, 0.4) is 0 Å². The maximum absolute atomic E-state index is 14.7. The molecule has 1 amide bonds. The Hall–Kier alpha value is -3.22. The van der Waals surface area contributed by atoms with Gasteiger partial charge in [-0.05, 0) is 42.7 Å². The number of nitrogens with zero attached hydrogens (tertiary/aromatic N) is 5. The molecule has 2 aromatic heterocycles. The summed E-state index contributed by atoms with van der Waals surface area (Å²) in [6.45, 7) is 1.72. The first-order valence-electron chi connectivity index (χ1n) is 12.6. The van der Waals surface area contributed by atoms with Crippen molar-refractivity contribution in [1.82, 2.24) is 19.9 Å². The first-order chi connectivity index (χ1) is 18.1. The number of aliphatic hydroxyl groups is 1. The van der Waals surface area contributed by atoms with E-state index >= 15 is 0 Å². The normalized spacial score (nSPS) is 21.4. The van der Waals surface area contributed by atoms with E-state index in [1.54, 1.807) is 6.92 Å². The topological polar surface area (TPSA) is 134 Å². The Morgan fingerprint density at radius 2 is 1.95 bits per heavy atom. The van der Waals surface area contributed by atoms with E-state index < -0.39 is 25.0 Å². The van der Waals surface area contributed by atoms with E-state index in [9.17, 15) is 18.7 Å². The number of hydrogen-bond acceptors (Lipinski definition) is 9. The van der Waals surface area contributed by atoms with Gasteiger partial charge in [-0.15, -0.1) is 0 Å². The standard InChI is InChI=1S/C26H29F2N7O2S/c1-14-19(23(37)35-11-18-21(26(27,28)13-35)33-24(30)38-18)32-17(12-36)22(31-14)34-8-6-25(7-9-34)10-15-4-2-3-5-16(15)20(25)29/h2-5,20,36H,6-13,29H2,1H3,(H2,30,33)/t20-/m1/s1. The van der Waals surface area contributed by atoms with E-state index in [4.69, 9.17) is 11.5 Å². The summed E-state index contributed by atoms with van der Waals surface area (Å²) in [6.07, 6.45) is 2.66. The zero-order valence-electron chi connectivity index (χ0n) is 21.0. The first-order valence-corrected chi connectivity index (χ1v) is 13.4. The average molecular weight is 542 g/mol. The number of fused-ring (bicyclic) bond motifs is 2. The number of halogens is 2. The molecule has 0 saturated carbocycles. The van der Waals surface area contributed by atoms with Gasteiger partial charge in [0, 0.05) is 19.1 Å². The number of piperidine rings is 1. The van der Waals surface area contributed by atoms with Crippen molar-refractivity contribution in [3.63, 3.8) is 0 Å². The molecule has 200 valence electrons. The van der Waals surface area contributed by atoms with Gasteiger partial charge in [0.25, 0.3) is 5.91 Å². The van der Waals surface area contributed by atoms with Gasteiger partial charge in [0.1, 0.15) is 17.1 Å². The lowest BCUT2D eigenvalue weighted by molar-refractivity contribution is -0.0479. The minimum Gasteiger partial charge on any atom is -0.390 e. The maximum Gasteiger partial charge on any atom is 0.308 e. The quantitative estimate of drug-likeness (QED) is 0.461. The lowest BCUT2D eigenvalue weighted by atomic mass is 9.73. The second-order valence-electron chi connectivity index (χ2n) is 10.5. The average Bonchev–Trinajstić information content (AvgIpc) is 3.41. The predicted octanol–water partition coefficient (Wildman–Crippen LogP) is 2.91. The fraction of sp³-hybridized carbons (Fsp3) is 0.462. The third-order valence-corrected chi connectivity index (χ3v) is 9.07. The molecule has 1 saturated heterocycles. The highest BCUT2D eigenvalue weighted by Gasteiger charge is 2.47. The van der Waals surface area contributed by atoms with Crippen molar-refractivity contribution in [3.05, 3.63) is 63.0 Å². The van der Waals surface area contributed by atoms with E-state index in [-0.39, 0.29) is 45.1 Å². The first kappa shape index (κ1) is 25.1. The van der Waals surface area contributed by atoms with Crippen LogP contribution in [0.15, 0.2) is 24.3 Å². The molecule has 1 fully saturated rings. The van der Waals surface area contributed by atoms with Crippen molar-refractivity contribution >= 4 is 28.2 Å². The molecule has 5 N–H and O–H groups in total. The Kier molecular flexibility index (Phi) is 5.89. The second kappa shape index (κ2) is 8.92.